The van der Waals surface area contributed by atoms with Gasteiger partial charge in [0.15, 0.2) is 4.60 Å². The van der Waals surface area contributed by atoms with Gasteiger partial charge in [-0.25, -0.2) is 4.68 Å². The topological polar surface area (TPSA) is 42.7 Å². The van der Waals surface area contributed by atoms with E-state index in [1.54, 1.807) is 11.8 Å². The minimum Gasteiger partial charge on any atom is -0.305 e. The van der Waals surface area contributed by atoms with Gasteiger partial charge in [0.25, 0.3) is 0 Å². The normalized spacial score (nSPS) is 12.6. The molecule has 0 amide bonds. The van der Waals surface area contributed by atoms with E-state index in [4.69, 9.17) is 0 Å². The highest BCUT2D eigenvalue weighted by Gasteiger charge is 2.23. The number of rotatable bonds is 5. The summed E-state index contributed by atoms with van der Waals surface area (Å²) in [5.74, 6) is 0. The molecule has 0 fully saturated rings. The standard InChI is InChI=1S/C13H17BrN4S/c1-4-15-11(12-13(14)16-17-18(12)2)9-7-5-6-8-10(9)19-3/h5-8,11,15H,4H2,1-3H3. The van der Waals surface area contributed by atoms with Crippen molar-refractivity contribution in [1.29, 1.82) is 0 Å². The van der Waals surface area contributed by atoms with E-state index < -0.39 is 0 Å². The molecule has 0 radical (unpaired) electrons. The Hall–Kier alpha value is -0.850. The third-order valence-electron chi connectivity index (χ3n) is 2.96. The lowest BCUT2D eigenvalue weighted by molar-refractivity contribution is 0.561. The van der Waals surface area contributed by atoms with Gasteiger partial charge in [0.2, 0.25) is 0 Å². The first-order valence-electron chi connectivity index (χ1n) is 6.10. The zero-order valence-corrected chi connectivity index (χ0v) is 13.6. The average Bonchev–Trinajstić information content (AvgIpc) is 2.76. The zero-order valence-electron chi connectivity index (χ0n) is 11.2. The van der Waals surface area contributed by atoms with Crippen LogP contribution < -0.4 is 5.32 Å². The largest absolute Gasteiger partial charge is 0.305 e. The molecular formula is C13H17BrN4S. The molecular weight excluding hydrogens is 324 g/mol. The third-order valence-corrected chi connectivity index (χ3v) is 4.33. The van der Waals surface area contributed by atoms with Gasteiger partial charge in [-0.3, -0.25) is 0 Å². The van der Waals surface area contributed by atoms with E-state index in [-0.39, 0.29) is 6.04 Å². The summed E-state index contributed by atoms with van der Waals surface area (Å²) in [5, 5.41) is 11.7. The van der Waals surface area contributed by atoms with Gasteiger partial charge in [-0.15, -0.1) is 16.9 Å². The number of nitrogens with zero attached hydrogens (tertiary/aromatic N) is 3. The van der Waals surface area contributed by atoms with Crippen LogP contribution in [0.15, 0.2) is 33.8 Å². The zero-order chi connectivity index (χ0) is 13.8. The molecule has 0 saturated carbocycles. The van der Waals surface area contributed by atoms with Crippen LogP contribution in [-0.2, 0) is 7.05 Å². The Morgan fingerprint density at radius 2 is 2.16 bits per heavy atom. The number of benzene rings is 1. The molecule has 1 unspecified atom stereocenters. The lowest BCUT2D eigenvalue weighted by Crippen LogP contribution is -2.25. The van der Waals surface area contributed by atoms with Crippen LogP contribution in [0.4, 0.5) is 0 Å². The first kappa shape index (κ1) is 14.6. The van der Waals surface area contributed by atoms with Crippen molar-refractivity contribution < 1.29 is 0 Å². The molecule has 1 N–H and O–H groups in total. The summed E-state index contributed by atoms with van der Waals surface area (Å²) >= 11 is 5.24. The fourth-order valence-corrected chi connectivity index (χ4v) is 3.30. The second-order valence-electron chi connectivity index (χ2n) is 4.12. The lowest BCUT2D eigenvalue weighted by Gasteiger charge is -2.21. The smallest absolute Gasteiger partial charge is 0.153 e. The van der Waals surface area contributed by atoms with Crippen LogP contribution in [0.3, 0.4) is 0 Å². The molecule has 2 rings (SSSR count). The third kappa shape index (κ3) is 3.01. The first-order chi connectivity index (χ1) is 9.19. The van der Waals surface area contributed by atoms with Gasteiger partial charge in [0, 0.05) is 11.9 Å². The molecule has 6 heteroatoms. The highest BCUT2D eigenvalue weighted by molar-refractivity contribution is 9.10. The summed E-state index contributed by atoms with van der Waals surface area (Å²) in [6.45, 7) is 2.98. The molecule has 2 aromatic rings. The summed E-state index contributed by atoms with van der Waals surface area (Å²) in [7, 11) is 1.92. The van der Waals surface area contributed by atoms with Crippen molar-refractivity contribution >= 4 is 27.7 Å². The summed E-state index contributed by atoms with van der Waals surface area (Å²) < 4.78 is 2.60. The highest BCUT2D eigenvalue weighted by atomic mass is 79.9. The van der Waals surface area contributed by atoms with Crippen LogP contribution in [0.25, 0.3) is 0 Å². The van der Waals surface area contributed by atoms with Crippen LogP contribution in [0, 0.1) is 0 Å². The fourth-order valence-electron chi connectivity index (χ4n) is 2.11. The van der Waals surface area contributed by atoms with Crippen molar-refractivity contribution in [3.05, 3.63) is 40.1 Å². The molecule has 0 spiro atoms. The van der Waals surface area contributed by atoms with Gasteiger partial charge < -0.3 is 5.32 Å². The maximum Gasteiger partial charge on any atom is 0.153 e. The SMILES string of the molecule is CCNC(c1ccccc1SC)c1c(Br)nnn1C. The molecule has 1 aromatic heterocycles. The summed E-state index contributed by atoms with van der Waals surface area (Å²) in [6.07, 6.45) is 2.10. The Balaban J connectivity index is 2.51. The number of nitrogens with one attached hydrogen (secondary N) is 1. The molecule has 1 atom stereocenters. The van der Waals surface area contributed by atoms with E-state index in [2.05, 4.69) is 69.0 Å². The predicted molar refractivity (Wildman–Crippen MR) is 82.4 cm³/mol. The molecule has 0 aliphatic rings. The second-order valence-corrected chi connectivity index (χ2v) is 5.72. The van der Waals surface area contributed by atoms with Gasteiger partial charge in [-0.1, -0.05) is 30.3 Å². The quantitative estimate of drug-likeness (QED) is 0.849. The van der Waals surface area contributed by atoms with Crippen molar-refractivity contribution in [2.45, 2.75) is 17.9 Å². The van der Waals surface area contributed by atoms with Crippen LogP contribution in [0.1, 0.15) is 24.2 Å². The molecule has 1 heterocycles. The highest BCUT2D eigenvalue weighted by Crippen LogP contribution is 2.32. The van der Waals surface area contributed by atoms with Gasteiger partial charge >= 0.3 is 0 Å². The minimum atomic E-state index is 0.0861. The Kier molecular flexibility index (Phi) is 5.01. The van der Waals surface area contributed by atoms with Crippen molar-refractivity contribution in [3.8, 4) is 0 Å². The number of aryl methyl sites for hydroxylation is 1. The average molecular weight is 341 g/mol. The lowest BCUT2D eigenvalue weighted by atomic mass is 10.0. The molecule has 0 bridgehead atoms. The van der Waals surface area contributed by atoms with Crippen molar-refractivity contribution in [3.63, 3.8) is 0 Å². The number of hydrogen-bond donors (Lipinski definition) is 1. The van der Waals surface area contributed by atoms with Gasteiger partial charge in [0.1, 0.15) is 0 Å². The van der Waals surface area contributed by atoms with Crippen molar-refractivity contribution in [2.24, 2.45) is 7.05 Å². The Morgan fingerprint density at radius 3 is 2.74 bits per heavy atom. The molecule has 0 saturated heterocycles. The number of halogens is 1. The molecule has 19 heavy (non-hydrogen) atoms. The maximum absolute atomic E-state index is 4.08. The second kappa shape index (κ2) is 6.54. The Bertz CT molecular complexity index is 536. The van der Waals surface area contributed by atoms with Gasteiger partial charge in [-0.05, 0) is 40.4 Å². The fraction of sp³-hybridized carbons (Fsp3) is 0.385. The Labute approximate surface area is 126 Å². The first-order valence-corrected chi connectivity index (χ1v) is 8.12. The summed E-state index contributed by atoms with van der Waals surface area (Å²) in [4.78, 5) is 1.27. The van der Waals surface area contributed by atoms with E-state index in [1.165, 1.54) is 10.5 Å². The van der Waals surface area contributed by atoms with Crippen molar-refractivity contribution in [1.82, 2.24) is 20.3 Å². The van der Waals surface area contributed by atoms with Crippen molar-refractivity contribution in [2.75, 3.05) is 12.8 Å². The molecule has 0 aliphatic heterocycles. The molecule has 1 aromatic carbocycles. The van der Waals surface area contributed by atoms with E-state index in [1.807, 2.05) is 11.7 Å². The van der Waals surface area contributed by atoms with E-state index in [9.17, 15) is 0 Å². The molecule has 4 nitrogen and oxygen atoms in total. The van der Waals surface area contributed by atoms with E-state index in [0.717, 1.165) is 16.8 Å². The number of aromatic nitrogens is 3. The molecule has 0 aliphatic carbocycles. The van der Waals surface area contributed by atoms with E-state index in [0.29, 0.717) is 0 Å². The Morgan fingerprint density at radius 1 is 1.42 bits per heavy atom. The van der Waals surface area contributed by atoms with Crippen LogP contribution in [0.5, 0.6) is 0 Å². The van der Waals surface area contributed by atoms with Crippen LogP contribution in [-0.4, -0.2) is 27.8 Å². The summed E-state index contributed by atoms with van der Waals surface area (Å²) in [5.41, 5.74) is 2.30. The van der Waals surface area contributed by atoms with Crippen LogP contribution in [0.2, 0.25) is 0 Å². The van der Waals surface area contributed by atoms with Crippen LogP contribution >= 0.6 is 27.7 Å². The monoisotopic (exact) mass is 340 g/mol. The predicted octanol–water partition coefficient (Wildman–Crippen LogP) is 3.00. The minimum absolute atomic E-state index is 0.0861. The maximum atomic E-state index is 4.08. The number of thioether (sulfide) groups is 1. The summed E-state index contributed by atoms with van der Waals surface area (Å²) in [6, 6.07) is 8.51. The molecule has 102 valence electrons. The number of hydrogen-bond acceptors (Lipinski definition) is 4. The van der Waals surface area contributed by atoms with E-state index >= 15 is 0 Å². The van der Waals surface area contributed by atoms with Gasteiger partial charge in [0.05, 0.1) is 11.7 Å². The van der Waals surface area contributed by atoms with Gasteiger partial charge in [-0.2, -0.15) is 0 Å².